The Morgan fingerprint density at radius 2 is 1.89 bits per heavy atom. The smallest absolute Gasteiger partial charge is 0.324 e. The lowest BCUT2D eigenvalue weighted by molar-refractivity contribution is -0.133. The van der Waals surface area contributed by atoms with Crippen LogP contribution in [0.5, 0.6) is 0 Å². The van der Waals surface area contributed by atoms with Crippen LogP contribution >= 0.6 is 0 Å². The van der Waals surface area contributed by atoms with Crippen LogP contribution in [0.3, 0.4) is 0 Å². The zero-order valence-corrected chi connectivity index (χ0v) is 16.3. The van der Waals surface area contributed by atoms with E-state index in [0.717, 1.165) is 10.6 Å². The third-order valence-electron chi connectivity index (χ3n) is 4.69. The zero-order valence-electron chi connectivity index (χ0n) is 15.5. The molecule has 0 aromatic heterocycles. The number of morpholine rings is 1. The molecule has 0 bridgehead atoms. The number of anilines is 2. The van der Waals surface area contributed by atoms with Gasteiger partial charge in [0.1, 0.15) is 6.54 Å². The average Bonchev–Trinajstić information content (AvgIpc) is 2.98. The highest BCUT2D eigenvalue weighted by molar-refractivity contribution is 7.92. The molecule has 27 heavy (non-hydrogen) atoms. The number of likely N-dealkylation sites (N-methyl/N-ethyl adjacent to an activating group) is 1. The molecule has 1 aromatic rings. The maximum Gasteiger partial charge on any atom is 0.324 e. The minimum atomic E-state index is -3.68. The molecule has 10 heteroatoms. The highest BCUT2D eigenvalue weighted by atomic mass is 32.2. The van der Waals surface area contributed by atoms with Crippen molar-refractivity contribution in [2.24, 2.45) is 0 Å². The Bertz CT molecular complexity index is 822. The first-order valence-corrected chi connectivity index (χ1v) is 10.6. The Hall–Kier alpha value is -2.33. The molecule has 2 fully saturated rings. The van der Waals surface area contributed by atoms with Crippen molar-refractivity contribution in [2.75, 3.05) is 68.4 Å². The molecule has 148 valence electrons. The van der Waals surface area contributed by atoms with Gasteiger partial charge in [-0.3, -0.25) is 14.0 Å². The summed E-state index contributed by atoms with van der Waals surface area (Å²) in [7, 11) is -1.96. The second-order valence-corrected chi connectivity index (χ2v) is 8.55. The van der Waals surface area contributed by atoms with Crippen molar-refractivity contribution in [3.8, 4) is 0 Å². The molecule has 0 radical (unpaired) electrons. The third kappa shape index (κ3) is 4.33. The van der Waals surface area contributed by atoms with E-state index in [1.165, 1.54) is 0 Å². The van der Waals surface area contributed by atoms with Crippen molar-refractivity contribution in [1.29, 1.82) is 0 Å². The van der Waals surface area contributed by atoms with Gasteiger partial charge in [0.05, 0.1) is 25.2 Å². The summed E-state index contributed by atoms with van der Waals surface area (Å²) < 4.78 is 31.0. The molecule has 0 aliphatic carbocycles. The molecule has 1 aromatic carbocycles. The van der Waals surface area contributed by atoms with Crippen LogP contribution in [0, 0.1) is 0 Å². The van der Waals surface area contributed by atoms with E-state index in [1.54, 1.807) is 46.0 Å². The maximum absolute atomic E-state index is 12.6. The van der Waals surface area contributed by atoms with Crippen LogP contribution in [-0.2, 0) is 19.6 Å². The molecule has 9 nitrogen and oxygen atoms in total. The van der Waals surface area contributed by atoms with Gasteiger partial charge >= 0.3 is 6.03 Å². The fraction of sp³-hybridized carbons (Fsp3) is 0.529. The van der Waals surface area contributed by atoms with Gasteiger partial charge in [-0.25, -0.2) is 13.2 Å². The first kappa shape index (κ1) is 19.4. The summed E-state index contributed by atoms with van der Waals surface area (Å²) in [6.07, 6.45) is 1.07. The quantitative estimate of drug-likeness (QED) is 0.708. The molecule has 2 heterocycles. The third-order valence-corrected chi connectivity index (χ3v) is 5.83. The molecule has 0 N–H and O–H groups in total. The molecule has 2 aliphatic rings. The van der Waals surface area contributed by atoms with Crippen LogP contribution in [0.15, 0.2) is 24.3 Å². The largest absolute Gasteiger partial charge is 0.378 e. The Labute approximate surface area is 159 Å². The lowest BCUT2D eigenvalue weighted by Crippen LogP contribution is -2.47. The van der Waals surface area contributed by atoms with E-state index in [0.29, 0.717) is 50.8 Å². The standard InChI is InChI=1S/C17H24N4O5S/c1-18-6-7-20(17(18)23)14-4-3-5-15(12-14)21(27(2,24)25)13-16(22)19-8-10-26-11-9-19/h3-5,12H,6-11,13H2,1-2H3. The monoisotopic (exact) mass is 396 g/mol. The fourth-order valence-electron chi connectivity index (χ4n) is 3.14. The SMILES string of the molecule is CN1CCN(c2cccc(N(CC(=O)N3CCOCC3)S(C)(=O)=O)c2)C1=O. The van der Waals surface area contributed by atoms with Gasteiger partial charge in [0, 0.05) is 38.9 Å². The summed E-state index contributed by atoms with van der Waals surface area (Å²) in [6, 6.07) is 6.56. The van der Waals surface area contributed by atoms with Crippen molar-refractivity contribution in [2.45, 2.75) is 0 Å². The molecule has 2 aliphatic heterocycles. The first-order valence-electron chi connectivity index (χ1n) is 8.73. The zero-order chi connectivity index (χ0) is 19.6. The highest BCUT2D eigenvalue weighted by Crippen LogP contribution is 2.26. The Morgan fingerprint density at radius 3 is 2.48 bits per heavy atom. The number of hydrogen-bond acceptors (Lipinski definition) is 5. The number of carbonyl (C=O) groups is 2. The van der Waals surface area contributed by atoms with Crippen LogP contribution in [0.1, 0.15) is 0 Å². The van der Waals surface area contributed by atoms with E-state index < -0.39 is 10.0 Å². The molecule has 0 atom stereocenters. The van der Waals surface area contributed by atoms with E-state index >= 15 is 0 Å². The van der Waals surface area contributed by atoms with E-state index in [4.69, 9.17) is 4.74 Å². The van der Waals surface area contributed by atoms with Gasteiger partial charge in [-0.2, -0.15) is 0 Å². The first-order chi connectivity index (χ1) is 12.8. The Morgan fingerprint density at radius 1 is 1.19 bits per heavy atom. The average molecular weight is 396 g/mol. The van der Waals surface area contributed by atoms with Crippen LogP contribution in [0.25, 0.3) is 0 Å². The van der Waals surface area contributed by atoms with Crippen molar-refractivity contribution < 1.29 is 22.7 Å². The second kappa shape index (κ2) is 7.73. The van der Waals surface area contributed by atoms with Crippen LogP contribution in [0.4, 0.5) is 16.2 Å². The molecule has 0 spiro atoms. The molecule has 0 unspecified atom stereocenters. The summed E-state index contributed by atoms with van der Waals surface area (Å²) in [4.78, 5) is 29.6. The molecule has 2 saturated heterocycles. The summed E-state index contributed by atoms with van der Waals surface area (Å²) in [5.41, 5.74) is 0.966. The number of sulfonamides is 1. The van der Waals surface area contributed by atoms with Gasteiger partial charge in [-0.15, -0.1) is 0 Å². The normalized spacial score (nSPS) is 18.1. The van der Waals surface area contributed by atoms with Gasteiger partial charge in [0.2, 0.25) is 15.9 Å². The summed E-state index contributed by atoms with van der Waals surface area (Å²) in [5, 5.41) is 0. The van der Waals surface area contributed by atoms with E-state index in [1.807, 2.05) is 0 Å². The molecule has 3 rings (SSSR count). The predicted molar refractivity (Wildman–Crippen MR) is 101 cm³/mol. The number of amides is 3. The number of benzene rings is 1. The summed E-state index contributed by atoms with van der Waals surface area (Å²) in [5.74, 6) is -0.272. The number of ether oxygens (including phenoxy) is 1. The van der Waals surface area contributed by atoms with Crippen molar-refractivity contribution in [1.82, 2.24) is 9.80 Å². The minimum Gasteiger partial charge on any atom is -0.378 e. The lowest BCUT2D eigenvalue weighted by atomic mass is 10.2. The van der Waals surface area contributed by atoms with Gasteiger partial charge in [-0.1, -0.05) is 6.07 Å². The van der Waals surface area contributed by atoms with E-state index in [2.05, 4.69) is 0 Å². The van der Waals surface area contributed by atoms with Crippen molar-refractivity contribution in [3.05, 3.63) is 24.3 Å². The van der Waals surface area contributed by atoms with Gasteiger partial charge in [-0.05, 0) is 18.2 Å². The van der Waals surface area contributed by atoms with E-state index in [-0.39, 0.29) is 18.5 Å². The number of urea groups is 1. The van der Waals surface area contributed by atoms with E-state index in [9.17, 15) is 18.0 Å². The molecule has 3 amide bonds. The van der Waals surface area contributed by atoms with Gasteiger partial charge in [0.25, 0.3) is 0 Å². The number of hydrogen-bond donors (Lipinski definition) is 0. The summed E-state index contributed by atoms with van der Waals surface area (Å²) in [6.45, 7) is 2.65. The highest BCUT2D eigenvalue weighted by Gasteiger charge is 2.29. The summed E-state index contributed by atoms with van der Waals surface area (Å²) >= 11 is 0. The molecular formula is C17H24N4O5S. The van der Waals surface area contributed by atoms with Crippen molar-refractivity contribution in [3.63, 3.8) is 0 Å². The predicted octanol–water partition coefficient (Wildman–Crippen LogP) is 0.183. The second-order valence-electron chi connectivity index (χ2n) is 6.64. The number of rotatable bonds is 5. The molecule has 0 saturated carbocycles. The number of nitrogens with zero attached hydrogens (tertiary/aromatic N) is 4. The topological polar surface area (TPSA) is 90.5 Å². The Balaban J connectivity index is 1.84. The van der Waals surface area contributed by atoms with Crippen molar-refractivity contribution >= 4 is 33.3 Å². The Kier molecular flexibility index (Phi) is 5.56. The van der Waals surface area contributed by atoms with Crippen LogP contribution < -0.4 is 9.21 Å². The maximum atomic E-state index is 12.6. The van der Waals surface area contributed by atoms with Crippen LogP contribution in [0.2, 0.25) is 0 Å². The fourth-order valence-corrected chi connectivity index (χ4v) is 3.98. The molecular weight excluding hydrogens is 372 g/mol. The van der Waals surface area contributed by atoms with Gasteiger partial charge < -0.3 is 14.5 Å². The number of carbonyl (C=O) groups excluding carboxylic acids is 2. The van der Waals surface area contributed by atoms with Crippen LogP contribution in [-0.4, -0.2) is 89.4 Å². The minimum absolute atomic E-state index is 0.137. The van der Waals surface area contributed by atoms with Gasteiger partial charge in [0.15, 0.2) is 0 Å². The lowest BCUT2D eigenvalue weighted by Gasteiger charge is -2.30.